The van der Waals surface area contributed by atoms with E-state index in [0.717, 1.165) is 54.9 Å². The Bertz CT molecular complexity index is 698. The fourth-order valence-corrected chi connectivity index (χ4v) is 2.98. The van der Waals surface area contributed by atoms with Gasteiger partial charge in [-0.2, -0.15) is 0 Å². The largest absolute Gasteiger partial charge is 0.369 e. The van der Waals surface area contributed by atoms with Gasteiger partial charge in [0, 0.05) is 19.3 Å². The standard InChI is InChI=1S/C20H23FN2/c1-3-16-6-8-18(9-7-16)22-14-17-13-19(21)20(12-15(17)2)23-10-4-5-11-23/h6-9,12-14H,3-5,10-11H2,1-2H3. The van der Waals surface area contributed by atoms with Crippen molar-refractivity contribution in [3.05, 3.63) is 58.9 Å². The quantitative estimate of drug-likeness (QED) is 0.722. The van der Waals surface area contributed by atoms with Crippen molar-refractivity contribution in [2.75, 3.05) is 18.0 Å². The topological polar surface area (TPSA) is 15.6 Å². The highest BCUT2D eigenvalue weighted by Crippen LogP contribution is 2.26. The van der Waals surface area contributed by atoms with E-state index in [1.807, 2.05) is 25.1 Å². The molecule has 1 aliphatic heterocycles. The first-order chi connectivity index (χ1) is 11.2. The lowest BCUT2D eigenvalue weighted by Gasteiger charge is -2.19. The molecule has 0 saturated carbocycles. The zero-order valence-electron chi connectivity index (χ0n) is 13.8. The first-order valence-electron chi connectivity index (χ1n) is 8.35. The molecule has 3 heteroatoms. The molecule has 0 N–H and O–H groups in total. The van der Waals surface area contributed by atoms with Crippen molar-refractivity contribution in [3.8, 4) is 0 Å². The summed E-state index contributed by atoms with van der Waals surface area (Å²) in [5.74, 6) is -0.153. The van der Waals surface area contributed by atoms with Gasteiger partial charge >= 0.3 is 0 Å². The highest BCUT2D eigenvalue weighted by Gasteiger charge is 2.17. The van der Waals surface area contributed by atoms with Crippen LogP contribution in [0.3, 0.4) is 0 Å². The van der Waals surface area contributed by atoms with Crippen LogP contribution < -0.4 is 4.90 Å². The summed E-state index contributed by atoms with van der Waals surface area (Å²) in [6, 6.07) is 11.7. The summed E-state index contributed by atoms with van der Waals surface area (Å²) in [5, 5.41) is 0. The maximum Gasteiger partial charge on any atom is 0.147 e. The average molecular weight is 310 g/mol. The highest BCUT2D eigenvalue weighted by atomic mass is 19.1. The smallest absolute Gasteiger partial charge is 0.147 e. The van der Waals surface area contributed by atoms with Gasteiger partial charge in [-0.3, -0.25) is 4.99 Å². The summed E-state index contributed by atoms with van der Waals surface area (Å²) >= 11 is 0. The second kappa shape index (κ2) is 6.95. The van der Waals surface area contributed by atoms with Crippen LogP contribution in [0.25, 0.3) is 0 Å². The SMILES string of the molecule is CCc1ccc(N=Cc2cc(F)c(N3CCCC3)cc2C)cc1. The summed E-state index contributed by atoms with van der Waals surface area (Å²) in [6.07, 6.45) is 5.07. The maximum atomic E-state index is 14.4. The molecular weight excluding hydrogens is 287 g/mol. The molecule has 23 heavy (non-hydrogen) atoms. The Morgan fingerprint density at radius 2 is 1.83 bits per heavy atom. The van der Waals surface area contributed by atoms with Gasteiger partial charge in [0.2, 0.25) is 0 Å². The molecule has 1 fully saturated rings. The molecule has 1 heterocycles. The zero-order chi connectivity index (χ0) is 16.2. The minimum absolute atomic E-state index is 0.153. The number of nitrogens with zero attached hydrogens (tertiary/aromatic N) is 2. The molecule has 0 spiro atoms. The number of anilines is 1. The lowest BCUT2D eigenvalue weighted by Crippen LogP contribution is -2.19. The van der Waals surface area contributed by atoms with Gasteiger partial charge in [0.05, 0.1) is 11.4 Å². The Morgan fingerprint density at radius 3 is 2.48 bits per heavy atom. The van der Waals surface area contributed by atoms with Gasteiger partial charge < -0.3 is 4.90 Å². The van der Waals surface area contributed by atoms with E-state index in [9.17, 15) is 4.39 Å². The van der Waals surface area contributed by atoms with Crippen LogP contribution in [-0.2, 0) is 6.42 Å². The van der Waals surface area contributed by atoms with Crippen LogP contribution in [0.1, 0.15) is 36.5 Å². The van der Waals surface area contributed by atoms with Crippen LogP contribution in [0.4, 0.5) is 15.8 Å². The molecule has 0 aromatic heterocycles. The molecule has 0 aliphatic carbocycles. The summed E-state index contributed by atoms with van der Waals surface area (Å²) in [7, 11) is 0. The van der Waals surface area contributed by atoms with Gasteiger partial charge in [-0.25, -0.2) is 4.39 Å². The van der Waals surface area contributed by atoms with Gasteiger partial charge in [0.15, 0.2) is 0 Å². The molecule has 120 valence electrons. The van der Waals surface area contributed by atoms with Crippen LogP contribution in [0.5, 0.6) is 0 Å². The molecule has 1 aliphatic rings. The fraction of sp³-hybridized carbons (Fsp3) is 0.350. The summed E-state index contributed by atoms with van der Waals surface area (Å²) in [6.45, 7) is 6.05. The van der Waals surface area contributed by atoms with E-state index in [1.165, 1.54) is 5.56 Å². The number of aliphatic imine (C=N–C) groups is 1. The van der Waals surface area contributed by atoms with E-state index in [0.29, 0.717) is 0 Å². The van der Waals surface area contributed by atoms with Crippen molar-refractivity contribution in [2.24, 2.45) is 4.99 Å². The van der Waals surface area contributed by atoms with Crippen molar-refractivity contribution in [1.29, 1.82) is 0 Å². The van der Waals surface area contributed by atoms with Gasteiger partial charge in [0.25, 0.3) is 0 Å². The molecule has 0 bridgehead atoms. The van der Waals surface area contributed by atoms with E-state index in [-0.39, 0.29) is 5.82 Å². The molecule has 1 saturated heterocycles. The molecule has 2 aromatic carbocycles. The Balaban J connectivity index is 1.81. The third-order valence-electron chi connectivity index (χ3n) is 4.48. The molecular formula is C20H23FN2. The van der Waals surface area contributed by atoms with E-state index in [4.69, 9.17) is 0 Å². The third-order valence-corrected chi connectivity index (χ3v) is 4.48. The van der Waals surface area contributed by atoms with Crippen molar-refractivity contribution in [1.82, 2.24) is 0 Å². The first kappa shape index (κ1) is 15.7. The van der Waals surface area contributed by atoms with E-state index in [2.05, 4.69) is 28.9 Å². The van der Waals surface area contributed by atoms with Gasteiger partial charge in [-0.05, 0) is 67.1 Å². The average Bonchev–Trinajstić information content (AvgIpc) is 3.10. The van der Waals surface area contributed by atoms with Crippen molar-refractivity contribution in [3.63, 3.8) is 0 Å². The fourth-order valence-electron chi connectivity index (χ4n) is 2.98. The second-order valence-corrected chi connectivity index (χ2v) is 6.13. The molecule has 0 unspecified atom stereocenters. The lowest BCUT2D eigenvalue weighted by atomic mass is 10.1. The van der Waals surface area contributed by atoms with Gasteiger partial charge in [-0.1, -0.05) is 19.1 Å². The minimum Gasteiger partial charge on any atom is -0.369 e. The number of hydrogen-bond donors (Lipinski definition) is 0. The lowest BCUT2D eigenvalue weighted by molar-refractivity contribution is 0.622. The number of hydrogen-bond acceptors (Lipinski definition) is 2. The maximum absolute atomic E-state index is 14.4. The van der Waals surface area contributed by atoms with E-state index >= 15 is 0 Å². The van der Waals surface area contributed by atoms with E-state index in [1.54, 1.807) is 12.3 Å². The van der Waals surface area contributed by atoms with Crippen LogP contribution in [0.15, 0.2) is 41.4 Å². The van der Waals surface area contributed by atoms with E-state index < -0.39 is 0 Å². The molecule has 2 nitrogen and oxygen atoms in total. The second-order valence-electron chi connectivity index (χ2n) is 6.13. The number of rotatable bonds is 4. The Morgan fingerprint density at radius 1 is 1.13 bits per heavy atom. The Hall–Kier alpha value is -2.16. The van der Waals surface area contributed by atoms with Crippen LogP contribution in [0, 0.1) is 12.7 Å². The predicted octanol–water partition coefficient (Wildman–Crippen LogP) is 5.05. The minimum atomic E-state index is -0.153. The molecule has 3 rings (SSSR count). The highest BCUT2D eigenvalue weighted by molar-refractivity contribution is 5.84. The first-order valence-corrected chi connectivity index (χ1v) is 8.35. The Kier molecular flexibility index (Phi) is 4.75. The molecule has 0 amide bonds. The van der Waals surface area contributed by atoms with Crippen molar-refractivity contribution < 1.29 is 4.39 Å². The number of benzene rings is 2. The molecule has 0 radical (unpaired) electrons. The Labute approximate surface area is 137 Å². The zero-order valence-corrected chi connectivity index (χ0v) is 13.8. The van der Waals surface area contributed by atoms with Gasteiger partial charge in [-0.15, -0.1) is 0 Å². The molecule has 0 atom stereocenters. The summed E-state index contributed by atoms with van der Waals surface area (Å²) in [5.41, 5.74) is 4.81. The van der Waals surface area contributed by atoms with Crippen molar-refractivity contribution in [2.45, 2.75) is 33.1 Å². The number of halogens is 1. The van der Waals surface area contributed by atoms with Crippen molar-refractivity contribution >= 4 is 17.6 Å². The predicted molar refractivity (Wildman–Crippen MR) is 95.7 cm³/mol. The van der Waals surface area contributed by atoms with Gasteiger partial charge in [0.1, 0.15) is 5.82 Å². The van der Waals surface area contributed by atoms with Crippen LogP contribution >= 0.6 is 0 Å². The summed E-state index contributed by atoms with van der Waals surface area (Å²) in [4.78, 5) is 6.61. The third kappa shape index (κ3) is 3.61. The normalized spacial score (nSPS) is 14.8. The van der Waals surface area contributed by atoms with Crippen LogP contribution in [-0.4, -0.2) is 19.3 Å². The monoisotopic (exact) mass is 310 g/mol. The summed E-state index contributed by atoms with van der Waals surface area (Å²) < 4.78 is 14.4. The number of aryl methyl sites for hydroxylation is 2. The van der Waals surface area contributed by atoms with Crippen LogP contribution in [0.2, 0.25) is 0 Å². The molecule has 2 aromatic rings.